The van der Waals surface area contributed by atoms with Gasteiger partial charge in [0.05, 0.1) is 14.2 Å². The van der Waals surface area contributed by atoms with E-state index in [1.54, 1.807) is 14.2 Å². The molecule has 148 valence electrons. The summed E-state index contributed by atoms with van der Waals surface area (Å²) in [7, 11) is 6.16. The second kappa shape index (κ2) is 13.8. The second-order valence-electron chi connectivity index (χ2n) is 4.68. The van der Waals surface area contributed by atoms with E-state index in [0.717, 1.165) is 5.06 Å². The van der Waals surface area contributed by atoms with Crippen LogP contribution in [0.3, 0.4) is 0 Å². The molecule has 2 rings (SSSR count). The van der Waals surface area contributed by atoms with Gasteiger partial charge in [-0.3, -0.25) is 14.4 Å². The van der Waals surface area contributed by atoms with E-state index in [4.69, 9.17) is 11.6 Å². The standard InChI is InChI=1S/C9H10FNO2.C7H4ClFO.C2H7NO/c1-11(13-2)9(12)7-3-5-8(10)6-4-7;8-7(10)5-1-3-6(9)4-2-5;1-3-4-2/h3-6H,1-2H3;1-4H;3H,1-2H3. The van der Waals surface area contributed by atoms with Gasteiger partial charge in [-0.05, 0) is 60.1 Å². The van der Waals surface area contributed by atoms with E-state index in [1.165, 1.54) is 62.7 Å². The molecule has 0 aliphatic heterocycles. The minimum Gasteiger partial charge on any atom is -0.305 e. The number of hydrogen-bond acceptors (Lipinski definition) is 5. The SMILES string of the molecule is CNOC.CON(C)C(=O)c1ccc(F)cc1.O=C(Cl)c1ccc(F)cc1. The molecule has 0 fully saturated rings. The molecule has 0 radical (unpaired) electrons. The van der Waals surface area contributed by atoms with Gasteiger partial charge in [-0.1, -0.05) is 0 Å². The topological polar surface area (TPSA) is 67.9 Å². The van der Waals surface area contributed by atoms with E-state index >= 15 is 0 Å². The van der Waals surface area contributed by atoms with Crippen molar-refractivity contribution in [2.24, 2.45) is 0 Å². The van der Waals surface area contributed by atoms with E-state index in [2.05, 4.69) is 15.2 Å². The third-order valence-electron chi connectivity index (χ3n) is 2.93. The van der Waals surface area contributed by atoms with Gasteiger partial charge in [0.15, 0.2) is 0 Å². The molecule has 0 saturated carbocycles. The molecule has 0 saturated heterocycles. The van der Waals surface area contributed by atoms with Crippen molar-refractivity contribution in [2.75, 3.05) is 28.3 Å². The number of carbonyl (C=O) groups is 2. The van der Waals surface area contributed by atoms with Crippen LogP contribution in [0.1, 0.15) is 20.7 Å². The van der Waals surface area contributed by atoms with Crippen molar-refractivity contribution in [3.05, 3.63) is 71.3 Å². The van der Waals surface area contributed by atoms with Crippen molar-refractivity contribution < 1.29 is 28.0 Å². The first kappa shape index (κ1) is 24.6. The first-order valence-corrected chi connectivity index (χ1v) is 7.87. The number of nitrogens with zero attached hydrogens (tertiary/aromatic N) is 1. The van der Waals surface area contributed by atoms with Crippen molar-refractivity contribution in [3.8, 4) is 0 Å². The van der Waals surface area contributed by atoms with Crippen molar-refractivity contribution >= 4 is 22.8 Å². The minimum absolute atomic E-state index is 0.303. The summed E-state index contributed by atoms with van der Waals surface area (Å²) in [5.74, 6) is -1.04. The molecule has 0 unspecified atom stereocenters. The molecule has 0 spiro atoms. The van der Waals surface area contributed by atoms with Crippen LogP contribution in [0.15, 0.2) is 48.5 Å². The number of rotatable bonds is 4. The highest BCUT2D eigenvalue weighted by Gasteiger charge is 2.10. The lowest BCUT2D eigenvalue weighted by atomic mass is 10.2. The van der Waals surface area contributed by atoms with Gasteiger partial charge in [0.2, 0.25) is 0 Å². The molecule has 2 aromatic carbocycles. The smallest absolute Gasteiger partial charge is 0.277 e. The van der Waals surface area contributed by atoms with E-state index < -0.39 is 5.24 Å². The van der Waals surface area contributed by atoms with Gasteiger partial charge in [-0.2, -0.15) is 0 Å². The number of amides is 1. The lowest BCUT2D eigenvalue weighted by molar-refractivity contribution is -0.0757. The molecule has 0 aliphatic rings. The van der Waals surface area contributed by atoms with E-state index in [-0.39, 0.29) is 17.5 Å². The van der Waals surface area contributed by atoms with Crippen molar-refractivity contribution in [1.29, 1.82) is 0 Å². The summed E-state index contributed by atoms with van der Waals surface area (Å²) in [6, 6.07) is 10.3. The molecule has 27 heavy (non-hydrogen) atoms. The van der Waals surface area contributed by atoms with Crippen molar-refractivity contribution in [1.82, 2.24) is 10.5 Å². The average Bonchev–Trinajstić information content (AvgIpc) is 2.68. The maximum Gasteiger partial charge on any atom is 0.277 e. The van der Waals surface area contributed by atoms with Gasteiger partial charge >= 0.3 is 0 Å². The van der Waals surface area contributed by atoms with Gasteiger partial charge in [0.1, 0.15) is 11.6 Å². The lowest BCUT2D eigenvalue weighted by Gasteiger charge is -2.12. The van der Waals surface area contributed by atoms with Gasteiger partial charge in [-0.15, -0.1) is 0 Å². The molecule has 0 aromatic heterocycles. The van der Waals surface area contributed by atoms with E-state index in [9.17, 15) is 18.4 Å². The van der Waals surface area contributed by atoms with Gasteiger partial charge in [0.25, 0.3) is 11.1 Å². The maximum absolute atomic E-state index is 12.5. The molecule has 0 bridgehead atoms. The van der Waals surface area contributed by atoms with Crippen LogP contribution < -0.4 is 5.48 Å². The summed E-state index contributed by atoms with van der Waals surface area (Å²) < 4.78 is 24.7. The van der Waals surface area contributed by atoms with Crippen LogP contribution in [-0.2, 0) is 9.68 Å². The average molecular weight is 403 g/mol. The Kier molecular flexibility index (Phi) is 12.5. The molecular weight excluding hydrogens is 382 g/mol. The van der Waals surface area contributed by atoms with Crippen LogP contribution in [-0.4, -0.2) is 44.5 Å². The Labute approximate surface area is 161 Å². The quantitative estimate of drug-likeness (QED) is 0.627. The number of hydrogen-bond donors (Lipinski definition) is 1. The maximum atomic E-state index is 12.5. The Morgan fingerprint density at radius 3 is 1.59 bits per heavy atom. The zero-order valence-corrected chi connectivity index (χ0v) is 16.1. The Morgan fingerprint density at radius 1 is 0.926 bits per heavy atom. The number of nitrogens with one attached hydrogen (secondary N) is 1. The predicted molar refractivity (Wildman–Crippen MR) is 98.2 cm³/mol. The third-order valence-corrected chi connectivity index (χ3v) is 3.14. The summed E-state index contributed by atoms with van der Waals surface area (Å²) >= 11 is 5.09. The highest BCUT2D eigenvalue weighted by atomic mass is 35.5. The van der Waals surface area contributed by atoms with Crippen LogP contribution in [0, 0.1) is 11.6 Å². The minimum atomic E-state index is -0.569. The monoisotopic (exact) mass is 402 g/mol. The van der Waals surface area contributed by atoms with Crippen molar-refractivity contribution in [3.63, 3.8) is 0 Å². The molecule has 1 amide bonds. The highest BCUT2D eigenvalue weighted by Crippen LogP contribution is 2.06. The Bertz CT molecular complexity index is 696. The Balaban J connectivity index is 0.000000428. The normalized spacial score (nSPS) is 9.30. The van der Waals surface area contributed by atoms with E-state index in [0.29, 0.717) is 11.1 Å². The zero-order chi connectivity index (χ0) is 20.8. The summed E-state index contributed by atoms with van der Waals surface area (Å²) in [6.45, 7) is 0. The summed E-state index contributed by atoms with van der Waals surface area (Å²) in [5.41, 5.74) is 3.13. The summed E-state index contributed by atoms with van der Waals surface area (Å²) in [6.07, 6.45) is 0. The predicted octanol–water partition coefficient (Wildman–Crippen LogP) is 3.43. The summed E-state index contributed by atoms with van der Waals surface area (Å²) in [5, 5.41) is 0.507. The summed E-state index contributed by atoms with van der Waals surface area (Å²) in [4.78, 5) is 30.7. The van der Waals surface area contributed by atoms with Crippen LogP contribution in [0.2, 0.25) is 0 Å². The molecule has 2 aromatic rings. The number of halogens is 3. The zero-order valence-electron chi connectivity index (χ0n) is 15.3. The van der Waals surface area contributed by atoms with Crippen LogP contribution >= 0.6 is 11.6 Å². The van der Waals surface area contributed by atoms with Crippen LogP contribution in [0.5, 0.6) is 0 Å². The molecular formula is C18H21ClF2N2O4. The molecule has 6 nitrogen and oxygen atoms in total. The first-order chi connectivity index (χ1) is 12.8. The third kappa shape index (κ3) is 10.4. The molecule has 0 aliphatic carbocycles. The van der Waals surface area contributed by atoms with Gasteiger partial charge in [-0.25, -0.2) is 19.3 Å². The Hall–Kier alpha value is -2.39. The number of carbonyl (C=O) groups excluding carboxylic acids is 2. The fraction of sp³-hybridized carbons (Fsp3) is 0.222. The lowest BCUT2D eigenvalue weighted by Crippen LogP contribution is -2.25. The molecule has 0 heterocycles. The van der Waals surface area contributed by atoms with E-state index in [1.807, 2.05) is 0 Å². The van der Waals surface area contributed by atoms with Gasteiger partial charge < -0.3 is 4.84 Å². The highest BCUT2D eigenvalue weighted by molar-refractivity contribution is 6.67. The number of benzene rings is 2. The molecule has 9 heteroatoms. The first-order valence-electron chi connectivity index (χ1n) is 7.49. The fourth-order valence-corrected chi connectivity index (χ4v) is 1.56. The fourth-order valence-electron chi connectivity index (χ4n) is 1.44. The Morgan fingerprint density at radius 2 is 1.30 bits per heavy atom. The second-order valence-corrected chi connectivity index (χ2v) is 5.02. The largest absolute Gasteiger partial charge is 0.305 e. The molecule has 0 atom stereocenters. The molecule has 1 N–H and O–H groups in total. The van der Waals surface area contributed by atoms with Gasteiger partial charge in [0, 0.05) is 25.2 Å². The van der Waals surface area contributed by atoms with Crippen LogP contribution in [0.4, 0.5) is 8.78 Å². The van der Waals surface area contributed by atoms with Crippen LogP contribution in [0.25, 0.3) is 0 Å². The van der Waals surface area contributed by atoms with Crippen molar-refractivity contribution in [2.45, 2.75) is 0 Å². The number of hydroxylamine groups is 3.